The van der Waals surface area contributed by atoms with Crippen molar-refractivity contribution in [2.24, 2.45) is 11.8 Å². The van der Waals surface area contributed by atoms with Crippen LogP contribution in [0.5, 0.6) is 34.5 Å². The molecule has 1 heterocycles. The summed E-state index contributed by atoms with van der Waals surface area (Å²) in [7, 11) is 7.50. The van der Waals surface area contributed by atoms with Gasteiger partial charge >= 0.3 is 5.97 Å². The van der Waals surface area contributed by atoms with E-state index in [-0.39, 0.29) is 13.4 Å². The average molecular weight is 460 g/mol. The van der Waals surface area contributed by atoms with Crippen molar-refractivity contribution in [1.29, 1.82) is 0 Å². The highest BCUT2D eigenvalue weighted by Gasteiger charge is 2.45. The summed E-state index contributed by atoms with van der Waals surface area (Å²) < 4.78 is 38.7. The number of ether oxygens (including phenoxy) is 7. The van der Waals surface area contributed by atoms with Gasteiger partial charge in [0.15, 0.2) is 23.0 Å². The third-order valence-electron chi connectivity index (χ3n) is 6.38. The Morgan fingerprint density at radius 2 is 1.64 bits per heavy atom. The zero-order chi connectivity index (χ0) is 23.7. The van der Waals surface area contributed by atoms with Gasteiger partial charge in [-0.15, -0.1) is 0 Å². The minimum Gasteiger partial charge on any atom is -0.493 e. The largest absolute Gasteiger partial charge is 0.493 e. The Kier molecular flexibility index (Phi) is 6.42. The summed E-state index contributed by atoms with van der Waals surface area (Å²) >= 11 is 0. The van der Waals surface area contributed by atoms with Gasteiger partial charge in [0.2, 0.25) is 18.3 Å². The molecule has 0 unspecified atom stereocenters. The van der Waals surface area contributed by atoms with Gasteiger partial charge < -0.3 is 38.3 Å². The average Bonchev–Trinajstić information content (AvgIpc) is 3.32. The smallest absolute Gasteiger partial charge is 0.310 e. The molecular weight excluding hydrogens is 432 g/mol. The lowest BCUT2D eigenvalue weighted by Gasteiger charge is -2.38. The number of methoxy groups -OCH3 is 5. The van der Waals surface area contributed by atoms with E-state index in [2.05, 4.69) is 0 Å². The van der Waals surface area contributed by atoms with E-state index in [4.69, 9.17) is 33.2 Å². The first-order valence-corrected chi connectivity index (χ1v) is 10.5. The van der Waals surface area contributed by atoms with Crippen LogP contribution >= 0.6 is 0 Å². The molecule has 9 heteroatoms. The molecule has 33 heavy (non-hydrogen) atoms. The van der Waals surface area contributed by atoms with E-state index in [1.807, 2.05) is 18.2 Å². The van der Waals surface area contributed by atoms with Gasteiger partial charge in [-0.3, -0.25) is 4.79 Å². The lowest BCUT2D eigenvalue weighted by molar-refractivity contribution is -0.149. The van der Waals surface area contributed by atoms with Crippen LogP contribution in [0.2, 0.25) is 0 Å². The van der Waals surface area contributed by atoms with Gasteiger partial charge in [0.05, 0.1) is 41.5 Å². The molecule has 4 rings (SSSR count). The van der Waals surface area contributed by atoms with E-state index in [0.717, 1.165) is 16.7 Å². The zero-order valence-electron chi connectivity index (χ0n) is 19.3. The SMILES string of the molecule is COC(=O)[C@H]1[C@H](CO)Cc2c(cc3c(c2OC)OCO3)[C@H]1c1cc(OC)c(OC)c(OC)c1. The maximum Gasteiger partial charge on any atom is 0.310 e. The van der Waals surface area contributed by atoms with Crippen molar-refractivity contribution in [3.8, 4) is 34.5 Å². The van der Waals surface area contributed by atoms with Crippen LogP contribution in [0.25, 0.3) is 0 Å². The summed E-state index contributed by atoms with van der Waals surface area (Å²) in [5.74, 6) is 0.943. The van der Waals surface area contributed by atoms with Gasteiger partial charge in [-0.05, 0) is 35.7 Å². The molecule has 0 saturated carbocycles. The van der Waals surface area contributed by atoms with Crippen LogP contribution in [0.15, 0.2) is 18.2 Å². The number of hydrogen-bond donors (Lipinski definition) is 1. The zero-order valence-corrected chi connectivity index (χ0v) is 19.3. The maximum absolute atomic E-state index is 13.0. The second kappa shape index (κ2) is 9.27. The van der Waals surface area contributed by atoms with Gasteiger partial charge in [-0.1, -0.05) is 0 Å². The first-order valence-electron chi connectivity index (χ1n) is 10.5. The molecule has 178 valence electrons. The highest BCUT2D eigenvalue weighted by atomic mass is 16.7. The van der Waals surface area contributed by atoms with Crippen molar-refractivity contribution >= 4 is 5.97 Å². The Bertz CT molecular complexity index is 1020. The number of aliphatic hydroxyl groups is 1. The monoisotopic (exact) mass is 460 g/mol. The van der Waals surface area contributed by atoms with Gasteiger partial charge in [0.25, 0.3) is 0 Å². The van der Waals surface area contributed by atoms with Crippen LogP contribution in [0.3, 0.4) is 0 Å². The van der Waals surface area contributed by atoms with E-state index in [1.54, 1.807) is 7.11 Å². The molecule has 2 aromatic carbocycles. The summed E-state index contributed by atoms with van der Waals surface area (Å²) in [6.07, 6.45) is 0.409. The van der Waals surface area contributed by atoms with E-state index < -0.39 is 23.7 Å². The highest BCUT2D eigenvalue weighted by Crippen LogP contribution is 2.55. The van der Waals surface area contributed by atoms with E-state index in [1.165, 1.54) is 28.4 Å². The molecule has 0 spiro atoms. The molecule has 2 aliphatic rings. The predicted molar refractivity (Wildman–Crippen MR) is 117 cm³/mol. The molecule has 9 nitrogen and oxygen atoms in total. The molecule has 0 aromatic heterocycles. The van der Waals surface area contributed by atoms with Crippen molar-refractivity contribution in [3.63, 3.8) is 0 Å². The second-order valence-electron chi connectivity index (χ2n) is 7.84. The summed E-state index contributed by atoms with van der Waals surface area (Å²) in [5, 5.41) is 10.3. The van der Waals surface area contributed by atoms with Crippen molar-refractivity contribution < 1.29 is 43.1 Å². The molecular formula is C24H28O9. The molecule has 0 bridgehead atoms. The number of fused-ring (bicyclic) bond motifs is 2. The quantitative estimate of drug-likeness (QED) is 0.625. The predicted octanol–water partition coefficient (Wildman–Crippen LogP) is 2.54. The van der Waals surface area contributed by atoms with Crippen molar-refractivity contribution in [2.45, 2.75) is 12.3 Å². The summed E-state index contributed by atoms with van der Waals surface area (Å²) in [6.45, 7) is -0.134. The van der Waals surface area contributed by atoms with Crippen LogP contribution < -0.4 is 28.4 Å². The topological polar surface area (TPSA) is 102 Å². The fraction of sp³-hybridized carbons (Fsp3) is 0.458. The number of esters is 1. The van der Waals surface area contributed by atoms with Gasteiger partial charge in [0.1, 0.15) is 0 Å². The Labute approximate surface area is 192 Å². The number of carbonyl (C=O) groups is 1. The lowest BCUT2D eigenvalue weighted by atomic mass is 9.66. The van der Waals surface area contributed by atoms with Crippen LogP contribution in [0, 0.1) is 11.8 Å². The molecule has 1 N–H and O–H groups in total. The molecule has 1 aliphatic carbocycles. The Morgan fingerprint density at radius 3 is 2.18 bits per heavy atom. The Morgan fingerprint density at radius 1 is 0.970 bits per heavy atom. The fourth-order valence-electron chi connectivity index (χ4n) is 4.94. The van der Waals surface area contributed by atoms with Crippen LogP contribution in [0.1, 0.15) is 22.6 Å². The van der Waals surface area contributed by atoms with Crippen LogP contribution in [-0.2, 0) is 16.0 Å². The number of aliphatic hydroxyl groups excluding tert-OH is 1. The summed E-state index contributed by atoms with van der Waals surface area (Å²) in [5.41, 5.74) is 2.41. The molecule has 1 aliphatic heterocycles. The molecule has 0 fully saturated rings. The minimum absolute atomic E-state index is 0.0767. The third kappa shape index (κ3) is 3.66. The Hall–Kier alpha value is -3.33. The second-order valence-corrected chi connectivity index (χ2v) is 7.84. The molecule has 2 aromatic rings. The Balaban J connectivity index is 2.01. The van der Waals surface area contributed by atoms with Gasteiger partial charge in [0, 0.05) is 24.0 Å². The standard InChI is InChI=1S/C24H28O9/c1-27-16-7-12(8-17(28-2)22(16)30-4)19-14-9-18-23(33-11-32-18)21(29-3)15(14)6-13(10-25)20(19)24(26)31-5/h7-9,13,19-20,25H,6,10-11H2,1-5H3/t13-,19+,20-/m0/s1. The number of rotatable bonds is 7. The third-order valence-corrected chi connectivity index (χ3v) is 6.38. The van der Waals surface area contributed by atoms with Gasteiger partial charge in [-0.25, -0.2) is 0 Å². The molecule has 0 saturated heterocycles. The fourth-order valence-corrected chi connectivity index (χ4v) is 4.94. The van der Waals surface area contributed by atoms with Crippen molar-refractivity contribution in [1.82, 2.24) is 0 Å². The minimum atomic E-state index is -0.666. The van der Waals surface area contributed by atoms with Crippen LogP contribution in [0.4, 0.5) is 0 Å². The number of hydrogen-bond acceptors (Lipinski definition) is 9. The maximum atomic E-state index is 13.0. The lowest BCUT2D eigenvalue weighted by Crippen LogP contribution is -2.38. The first kappa shape index (κ1) is 22.8. The van der Waals surface area contributed by atoms with E-state index >= 15 is 0 Å². The van der Waals surface area contributed by atoms with Crippen molar-refractivity contribution in [2.75, 3.05) is 48.9 Å². The van der Waals surface area contributed by atoms with Gasteiger partial charge in [-0.2, -0.15) is 0 Å². The molecule has 0 amide bonds. The van der Waals surface area contributed by atoms with Crippen molar-refractivity contribution in [3.05, 3.63) is 34.9 Å². The van der Waals surface area contributed by atoms with Crippen LogP contribution in [-0.4, -0.2) is 60.0 Å². The summed E-state index contributed by atoms with van der Waals surface area (Å²) in [6, 6.07) is 5.49. The van der Waals surface area contributed by atoms with E-state index in [0.29, 0.717) is 40.9 Å². The normalized spacial score (nSPS) is 20.6. The highest BCUT2D eigenvalue weighted by molar-refractivity contribution is 5.77. The molecule has 0 radical (unpaired) electrons. The number of benzene rings is 2. The van der Waals surface area contributed by atoms with E-state index in [9.17, 15) is 9.90 Å². The molecule has 3 atom stereocenters. The first-order chi connectivity index (χ1) is 16.0. The number of carbonyl (C=O) groups excluding carboxylic acids is 1. The summed E-state index contributed by atoms with van der Waals surface area (Å²) in [4.78, 5) is 13.0.